The van der Waals surface area contributed by atoms with E-state index in [9.17, 15) is 10.2 Å². The van der Waals surface area contributed by atoms with E-state index in [1.54, 1.807) is 0 Å². The summed E-state index contributed by atoms with van der Waals surface area (Å²) in [7, 11) is -0.599. The van der Waals surface area contributed by atoms with E-state index >= 15 is 0 Å². The van der Waals surface area contributed by atoms with Crippen LogP contribution >= 0.6 is 7.92 Å². The molecule has 5 saturated heterocycles. The first-order chi connectivity index (χ1) is 13.1. The topological polar surface area (TPSA) is 107 Å². The van der Waals surface area contributed by atoms with Crippen LogP contribution in [-0.2, 0) is 23.7 Å². The van der Waals surface area contributed by atoms with Gasteiger partial charge in [-0.2, -0.15) is 0 Å². The van der Waals surface area contributed by atoms with E-state index in [-0.39, 0.29) is 29.3 Å². The molecule has 0 aromatic heterocycles. The lowest BCUT2D eigenvalue weighted by Crippen LogP contribution is -2.44. The molecule has 0 amide bonds. The Kier molecular flexibility index (Phi) is 7.87. The number of aliphatic hydroxyl groups excluding tert-OH is 3. The summed E-state index contributed by atoms with van der Waals surface area (Å²) in [4.78, 5) is 0. The highest BCUT2D eigenvalue weighted by Crippen LogP contribution is 2.70. The standard InChI is InChI=1S/C12H19O5P.C4H8O3.C2H6/c13-8-6-18(10-7(8)1-3-15-10)12-2-4-16-11(12)17-5-9(12)14;5-4-1-6-3-7-2-4;1-2/h7-11,13-14H,1-6H2;4-5H,1-3H2;1-2H3/t7?,8-,9?,10?,11?,12-,18?;;/m1../s1. The quantitative estimate of drug-likeness (QED) is 0.538. The molecule has 5 aliphatic rings. The molecule has 5 aliphatic heterocycles. The summed E-state index contributed by atoms with van der Waals surface area (Å²) in [6, 6.07) is 0. The Morgan fingerprint density at radius 1 is 0.926 bits per heavy atom. The number of aliphatic hydroxyl groups is 3. The minimum absolute atomic E-state index is 0.135. The van der Waals surface area contributed by atoms with Crippen molar-refractivity contribution in [3.8, 4) is 0 Å². The Morgan fingerprint density at radius 2 is 1.67 bits per heavy atom. The Bertz CT molecular complexity index is 463. The van der Waals surface area contributed by atoms with Gasteiger partial charge in [0.1, 0.15) is 12.9 Å². The van der Waals surface area contributed by atoms with Crippen molar-refractivity contribution in [2.45, 2.75) is 62.3 Å². The van der Waals surface area contributed by atoms with Gasteiger partial charge in [-0.25, -0.2) is 0 Å². The van der Waals surface area contributed by atoms with E-state index in [4.69, 9.17) is 28.8 Å². The van der Waals surface area contributed by atoms with Gasteiger partial charge in [0.05, 0.1) is 49.6 Å². The van der Waals surface area contributed by atoms with Crippen molar-refractivity contribution in [2.24, 2.45) is 5.92 Å². The molecule has 7 atom stereocenters. The highest BCUT2D eigenvalue weighted by Gasteiger charge is 2.65. The van der Waals surface area contributed by atoms with Crippen LogP contribution in [0.1, 0.15) is 26.7 Å². The van der Waals surface area contributed by atoms with Crippen LogP contribution in [-0.4, -0.2) is 96.9 Å². The maximum absolute atomic E-state index is 10.4. The molecule has 9 heteroatoms. The zero-order valence-electron chi connectivity index (χ0n) is 16.2. The van der Waals surface area contributed by atoms with Gasteiger partial charge in [-0.15, -0.1) is 0 Å². The first-order valence-electron chi connectivity index (χ1n) is 9.94. The van der Waals surface area contributed by atoms with E-state index in [1.165, 1.54) is 0 Å². The minimum Gasteiger partial charge on any atom is -0.392 e. The molecule has 0 radical (unpaired) electrons. The zero-order valence-corrected chi connectivity index (χ0v) is 17.1. The average molecular weight is 408 g/mol. The van der Waals surface area contributed by atoms with Crippen LogP contribution in [0.3, 0.4) is 0 Å². The van der Waals surface area contributed by atoms with Crippen molar-refractivity contribution in [2.75, 3.05) is 46.0 Å². The molecule has 8 nitrogen and oxygen atoms in total. The third-order valence-electron chi connectivity index (χ3n) is 5.78. The van der Waals surface area contributed by atoms with Crippen molar-refractivity contribution in [3.63, 3.8) is 0 Å². The minimum atomic E-state index is -0.599. The Labute approximate surface area is 161 Å². The molecule has 0 aromatic carbocycles. The fourth-order valence-electron chi connectivity index (χ4n) is 4.52. The van der Waals surface area contributed by atoms with Crippen LogP contribution in [0.4, 0.5) is 0 Å². The maximum atomic E-state index is 10.4. The highest BCUT2D eigenvalue weighted by atomic mass is 31.1. The summed E-state index contributed by atoms with van der Waals surface area (Å²) in [6.07, 6.45) is 1.12. The van der Waals surface area contributed by atoms with Gasteiger partial charge in [-0.05, 0) is 19.0 Å². The van der Waals surface area contributed by atoms with E-state index in [0.29, 0.717) is 33.2 Å². The molecule has 3 N–H and O–H groups in total. The molecule has 27 heavy (non-hydrogen) atoms. The zero-order chi connectivity index (χ0) is 19.4. The second-order valence-corrected chi connectivity index (χ2v) is 9.89. The molecule has 5 fully saturated rings. The smallest absolute Gasteiger partial charge is 0.169 e. The third-order valence-corrected chi connectivity index (χ3v) is 9.49. The highest BCUT2D eigenvalue weighted by molar-refractivity contribution is 7.60. The first-order valence-corrected chi connectivity index (χ1v) is 11.5. The van der Waals surface area contributed by atoms with Gasteiger partial charge in [-0.3, -0.25) is 0 Å². The number of rotatable bonds is 1. The predicted octanol–water partition coefficient (Wildman–Crippen LogP) is 0.460. The van der Waals surface area contributed by atoms with E-state index in [2.05, 4.69) is 0 Å². The van der Waals surface area contributed by atoms with Crippen LogP contribution in [0.2, 0.25) is 0 Å². The summed E-state index contributed by atoms with van der Waals surface area (Å²) >= 11 is 0. The van der Waals surface area contributed by atoms with Gasteiger partial charge in [-0.1, -0.05) is 21.8 Å². The lowest BCUT2D eigenvalue weighted by Gasteiger charge is -2.38. The van der Waals surface area contributed by atoms with Crippen LogP contribution < -0.4 is 0 Å². The number of ether oxygens (including phenoxy) is 5. The van der Waals surface area contributed by atoms with Gasteiger partial charge < -0.3 is 39.0 Å². The summed E-state index contributed by atoms with van der Waals surface area (Å²) in [6.45, 7) is 6.91. The van der Waals surface area contributed by atoms with Crippen LogP contribution in [0, 0.1) is 5.92 Å². The summed E-state index contributed by atoms with van der Waals surface area (Å²) in [5.41, 5.74) is 0. The van der Waals surface area contributed by atoms with Crippen molar-refractivity contribution in [1.29, 1.82) is 0 Å². The Morgan fingerprint density at radius 3 is 2.33 bits per heavy atom. The largest absolute Gasteiger partial charge is 0.392 e. The van der Waals surface area contributed by atoms with Crippen LogP contribution in [0.15, 0.2) is 0 Å². The first kappa shape index (κ1) is 21.8. The fourth-order valence-corrected chi connectivity index (χ4v) is 8.57. The van der Waals surface area contributed by atoms with Gasteiger partial charge in [0.25, 0.3) is 0 Å². The van der Waals surface area contributed by atoms with Crippen LogP contribution in [0.5, 0.6) is 0 Å². The Balaban J connectivity index is 0.000000197. The third kappa shape index (κ3) is 4.20. The molecular weight excluding hydrogens is 375 g/mol. The monoisotopic (exact) mass is 408 g/mol. The van der Waals surface area contributed by atoms with Crippen molar-refractivity contribution in [3.05, 3.63) is 0 Å². The van der Waals surface area contributed by atoms with Crippen molar-refractivity contribution >= 4 is 7.92 Å². The number of hydrogen-bond donors (Lipinski definition) is 3. The molecule has 0 saturated carbocycles. The predicted molar refractivity (Wildman–Crippen MR) is 98.8 cm³/mol. The molecule has 0 bridgehead atoms. The molecular formula is C18H33O8P. The van der Waals surface area contributed by atoms with Gasteiger partial charge in [0.15, 0.2) is 6.29 Å². The van der Waals surface area contributed by atoms with Gasteiger partial charge >= 0.3 is 0 Å². The van der Waals surface area contributed by atoms with Gasteiger partial charge in [0, 0.05) is 12.5 Å². The summed E-state index contributed by atoms with van der Waals surface area (Å²) in [5.74, 6) is 0.398. The normalized spacial score (nSPS) is 46.1. The van der Waals surface area contributed by atoms with E-state index in [1.807, 2.05) is 13.8 Å². The number of hydrogen-bond acceptors (Lipinski definition) is 8. The number of fused-ring (bicyclic) bond motifs is 2. The second-order valence-electron chi connectivity index (χ2n) is 7.24. The van der Waals surface area contributed by atoms with Crippen molar-refractivity contribution < 1.29 is 39.0 Å². The SMILES string of the molecule is CC.OC1COC2OCC[C@@]12P1C[C@@H](O)C2CCOC21.OC1COCOC1. The molecule has 158 valence electrons. The van der Waals surface area contributed by atoms with E-state index < -0.39 is 20.1 Å². The maximum Gasteiger partial charge on any atom is 0.169 e. The van der Waals surface area contributed by atoms with Crippen LogP contribution in [0.25, 0.3) is 0 Å². The van der Waals surface area contributed by atoms with Gasteiger partial charge in [0.2, 0.25) is 0 Å². The average Bonchev–Trinajstić information content (AvgIpc) is 3.43. The molecule has 0 aromatic rings. The van der Waals surface area contributed by atoms with E-state index in [0.717, 1.165) is 25.6 Å². The summed E-state index contributed by atoms with van der Waals surface area (Å²) < 4.78 is 26.5. The molecule has 5 rings (SSSR count). The molecule has 5 heterocycles. The fraction of sp³-hybridized carbons (Fsp3) is 1.00. The van der Waals surface area contributed by atoms with Crippen molar-refractivity contribution in [1.82, 2.24) is 0 Å². The lowest BCUT2D eigenvalue weighted by atomic mass is 10.0. The molecule has 0 spiro atoms. The second kappa shape index (κ2) is 9.74. The molecule has 0 aliphatic carbocycles. The Hall–Kier alpha value is 0.110. The summed E-state index contributed by atoms with van der Waals surface area (Å²) in [5, 5.41) is 29.0. The molecule has 5 unspecified atom stereocenters. The lowest BCUT2D eigenvalue weighted by molar-refractivity contribution is -0.150.